The molecule has 88 valence electrons. The molecule has 2 N–H and O–H groups in total. The molecule has 5 nitrogen and oxygen atoms in total. The van der Waals surface area contributed by atoms with Crippen LogP contribution in [0.3, 0.4) is 0 Å². The number of nitrogen functional groups attached to an aromatic ring is 1. The van der Waals surface area contributed by atoms with E-state index in [1.165, 1.54) is 6.33 Å². The molecule has 1 aromatic heterocycles. The first-order valence-corrected chi connectivity index (χ1v) is 5.04. The molecule has 0 amide bonds. The van der Waals surface area contributed by atoms with Crippen molar-refractivity contribution in [2.45, 2.75) is 0 Å². The number of rotatable bonds is 3. The first-order valence-electron chi connectivity index (χ1n) is 5.04. The van der Waals surface area contributed by atoms with Crippen LogP contribution < -0.4 is 15.2 Å². The minimum absolute atomic E-state index is 0.420. The van der Waals surface area contributed by atoms with Crippen LogP contribution in [0.25, 0.3) is 11.1 Å². The van der Waals surface area contributed by atoms with Gasteiger partial charge in [-0.2, -0.15) is 0 Å². The highest BCUT2D eigenvalue weighted by molar-refractivity contribution is 5.78. The van der Waals surface area contributed by atoms with Gasteiger partial charge in [0.15, 0.2) is 0 Å². The zero-order valence-electron chi connectivity index (χ0n) is 9.68. The fourth-order valence-corrected chi connectivity index (χ4v) is 1.57. The van der Waals surface area contributed by atoms with E-state index in [0.717, 1.165) is 16.9 Å². The molecule has 0 radical (unpaired) electrons. The molecule has 1 aromatic carbocycles. The lowest BCUT2D eigenvalue weighted by Gasteiger charge is -2.11. The van der Waals surface area contributed by atoms with E-state index in [9.17, 15) is 0 Å². The second-order valence-corrected chi connectivity index (χ2v) is 3.39. The van der Waals surface area contributed by atoms with E-state index in [4.69, 9.17) is 15.2 Å². The first kappa shape index (κ1) is 11.2. The van der Waals surface area contributed by atoms with Gasteiger partial charge in [0, 0.05) is 23.4 Å². The molecule has 0 saturated heterocycles. The maximum atomic E-state index is 5.81. The van der Waals surface area contributed by atoms with Crippen LogP contribution in [0.2, 0.25) is 0 Å². The van der Waals surface area contributed by atoms with E-state index < -0.39 is 0 Å². The van der Waals surface area contributed by atoms with Crippen molar-refractivity contribution in [3.63, 3.8) is 0 Å². The van der Waals surface area contributed by atoms with Gasteiger partial charge in [-0.1, -0.05) is 0 Å². The van der Waals surface area contributed by atoms with Crippen molar-refractivity contribution in [3.05, 3.63) is 30.7 Å². The number of hydrogen-bond acceptors (Lipinski definition) is 5. The molecule has 0 atom stereocenters. The molecule has 1 heterocycles. The molecule has 0 bridgehead atoms. The molecule has 0 fully saturated rings. The van der Waals surface area contributed by atoms with Gasteiger partial charge in [-0.15, -0.1) is 0 Å². The molecule has 5 heteroatoms. The zero-order valence-corrected chi connectivity index (χ0v) is 9.68. The van der Waals surface area contributed by atoms with Crippen LogP contribution in [0.4, 0.5) is 5.82 Å². The number of ether oxygens (including phenoxy) is 2. The molecule has 0 aliphatic heterocycles. The van der Waals surface area contributed by atoms with Crippen LogP contribution >= 0.6 is 0 Å². The molecular weight excluding hydrogens is 218 g/mol. The fraction of sp³-hybridized carbons (Fsp3) is 0.167. The van der Waals surface area contributed by atoms with E-state index in [1.54, 1.807) is 26.5 Å². The van der Waals surface area contributed by atoms with E-state index in [1.807, 2.05) is 12.1 Å². The van der Waals surface area contributed by atoms with Crippen molar-refractivity contribution >= 4 is 5.82 Å². The van der Waals surface area contributed by atoms with Gasteiger partial charge in [0.05, 0.1) is 14.2 Å². The summed E-state index contributed by atoms with van der Waals surface area (Å²) in [5.74, 6) is 1.82. The topological polar surface area (TPSA) is 70.3 Å². The van der Waals surface area contributed by atoms with Crippen molar-refractivity contribution in [1.82, 2.24) is 9.97 Å². The molecule has 0 unspecified atom stereocenters. The number of nitrogens with two attached hydrogens (primary N) is 1. The summed E-state index contributed by atoms with van der Waals surface area (Å²) in [6.45, 7) is 0. The second kappa shape index (κ2) is 4.69. The molecule has 2 rings (SSSR count). The van der Waals surface area contributed by atoms with Crippen LogP contribution in [-0.4, -0.2) is 24.2 Å². The Morgan fingerprint density at radius 1 is 1.12 bits per heavy atom. The van der Waals surface area contributed by atoms with Gasteiger partial charge >= 0.3 is 0 Å². The number of hydrogen-bond donors (Lipinski definition) is 1. The third kappa shape index (κ3) is 2.13. The van der Waals surface area contributed by atoms with Crippen LogP contribution in [0.1, 0.15) is 0 Å². The van der Waals surface area contributed by atoms with Crippen LogP contribution in [0.15, 0.2) is 30.7 Å². The molecule has 17 heavy (non-hydrogen) atoms. The third-order valence-corrected chi connectivity index (χ3v) is 2.44. The lowest BCUT2D eigenvalue weighted by atomic mass is 10.1. The smallest absolute Gasteiger partial charge is 0.134 e. The summed E-state index contributed by atoms with van der Waals surface area (Å²) >= 11 is 0. The third-order valence-electron chi connectivity index (χ3n) is 2.44. The quantitative estimate of drug-likeness (QED) is 0.871. The summed E-state index contributed by atoms with van der Waals surface area (Å²) in [5, 5.41) is 0. The summed E-state index contributed by atoms with van der Waals surface area (Å²) < 4.78 is 10.4. The SMILES string of the molecule is COc1ccc(-c2cncnc2N)c(OC)c1. The van der Waals surface area contributed by atoms with Crippen LogP contribution in [-0.2, 0) is 0 Å². The second-order valence-electron chi connectivity index (χ2n) is 3.39. The highest BCUT2D eigenvalue weighted by atomic mass is 16.5. The van der Waals surface area contributed by atoms with E-state index >= 15 is 0 Å². The molecule has 2 aromatic rings. The Kier molecular flexibility index (Phi) is 3.09. The summed E-state index contributed by atoms with van der Waals surface area (Å²) in [5.41, 5.74) is 7.39. The van der Waals surface area contributed by atoms with Crippen LogP contribution in [0.5, 0.6) is 11.5 Å². The average Bonchev–Trinajstić information content (AvgIpc) is 2.38. The highest BCUT2D eigenvalue weighted by Gasteiger charge is 2.10. The Bertz CT molecular complexity index is 529. The number of nitrogens with zero attached hydrogens (tertiary/aromatic N) is 2. The van der Waals surface area contributed by atoms with E-state index in [2.05, 4.69) is 9.97 Å². The molecule has 0 aliphatic carbocycles. The summed E-state index contributed by atoms with van der Waals surface area (Å²) in [4.78, 5) is 7.92. The van der Waals surface area contributed by atoms with Gasteiger partial charge in [0.1, 0.15) is 23.6 Å². The Labute approximate surface area is 99.2 Å². The van der Waals surface area contributed by atoms with Gasteiger partial charge in [0.25, 0.3) is 0 Å². The number of aromatic nitrogens is 2. The van der Waals surface area contributed by atoms with E-state index in [0.29, 0.717) is 11.6 Å². The summed E-state index contributed by atoms with van der Waals surface area (Å²) in [7, 11) is 3.20. The molecular formula is C12H13N3O2. The standard InChI is InChI=1S/C12H13N3O2/c1-16-8-3-4-9(11(5-8)17-2)10-6-14-7-15-12(10)13/h3-7H,1-2H3,(H2,13,14,15). The van der Waals surface area contributed by atoms with Gasteiger partial charge in [-0.05, 0) is 12.1 Å². The maximum Gasteiger partial charge on any atom is 0.134 e. The minimum atomic E-state index is 0.420. The minimum Gasteiger partial charge on any atom is -0.497 e. The normalized spacial score (nSPS) is 10.0. The van der Waals surface area contributed by atoms with E-state index in [-0.39, 0.29) is 0 Å². The van der Waals surface area contributed by atoms with Crippen molar-refractivity contribution in [2.75, 3.05) is 20.0 Å². The number of anilines is 1. The van der Waals surface area contributed by atoms with Gasteiger partial charge < -0.3 is 15.2 Å². The fourth-order valence-electron chi connectivity index (χ4n) is 1.57. The molecule has 0 spiro atoms. The Morgan fingerprint density at radius 2 is 1.94 bits per heavy atom. The average molecular weight is 231 g/mol. The zero-order chi connectivity index (χ0) is 12.3. The van der Waals surface area contributed by atoms with Crippen molar-refractivity contribution in [3.8, 4) is 22.6 Å². The Morgan fingerprint density at radius 3 is 2.59 bits per heavy atom. The number of methoxy groups -OCH3 is 2. The van der Waals surface area contributed by atoms with Crippen LogP contribution in [0, 0.1) is 0 Å². The lowest BCUT2D eigenvalue weighted by Crippen LogP contribution is -1.97. The van der Waals surface area contributed by atoms with Gasteiger partial charge in [0.2, 0.25) is 0 Å². The molecule has 0 aliphatic rings. The maximum absolute atomic E-state index is 5.81. The van der Waals surface area contributed by atoms with Crippen molar-refractivity contribution < 1.29 is 9.47 Å². The monoisotopic (exact) mass is 231 g/mol. The Hall–Kier alpha value is -2.30. The van der Waals surface area contributed by atoms with Crippen molar-refractivity contribution in [2.24, 2.45) is 0 Å². The molecule has 0 saturated carbocycles. The Balaban J connectivity index is 2.56. The predicted octanol–water partition coefficient (Wildman–Crippen LogP) is 1.74. The van der Waals surface area contributed by atoms with Gasteiger partial charge in [-0.3, -0.25) is 0 Å². The largest absolute Gasteiger partial charge is 0.497 e. The highest BCUT2D eigenvalue weighted by Crippen LogP contribution is 2.34. The number of benzene rings is 1. The lowest BCUT2D eigenvalue weighted by molar-refractivity contribution is 0.395. The summed E-state index contributed by atoms with van der Waals surface area (Å²) in [6.07, 6.45) is 3.07. The summed E-state index contributed by atoms with van der Waals surface area (Å²) in [6, 6.07) is 5.50. The van der Waals surface area contributed by atoms with Crippen molar-refractivity contribution in [1.29, 1.82) is 0 Å². The van der Waals surface area contributed by atoms with Gasteiger partial charge in [-0.25, -0.2) is 9.97 Å². The predicted molar refractivity (Wildman–Crippen MR) is 65.0 cm³/mol. The first-order chi connectivity index (χ1) is 8.26.